The number of rotatable bonds is 5. The Morgan fingerprint density at radius 1 is 1.33 bits per heavy atom. The van der Waals surface area contributed by atoms with Gasteiger partial charge in [0, 0.05) is 5.56 Å². The van der Waals surface area contributed by atoms with Crippen molar-refractivity contribution < 1.29 is 9.84 Å². The zero-order chi connectivity index (χ0) is 11.3. The second-order valence-corrected chi connectivity index (χ2v) is 4.00. The first-order chi connectivity index (χ1) is 7.20. The first-order valence-electron chi connectivity index (χ1n) is 5.56. The van der Waals surface area contributed by atoms with Crippen LogP contribution >= 0.6 is 0 Å². The Morgan fingerprint density at radius 3 is 2.60 bits per heavy atom. The van der Waals surface area contributed by atoms with Gasteiger partial charge in [0.05, 0.1) is 13.2 Å². The highest BCUT2D eigenvalue weighted by molar-refractivity contribution is 5.42. The lowest BCUT2D eigenvalue weighted by molar-refractivity contribution is 0.261. The van der Waals surface area contributed by atoms with Crippen LogP contribution in [0, 0.1) is 0 Å². The van der Waals surface area contributed by atoms with Crippen molar-refractivity contribution in [3.8, 4) is 5.75 Å². The smallest absolute Gasteiger partial charge is 0.128 e. The Labute approximate surface area is 91.9 Å². The molecule has 15 heavy (non-hydrogen) atoms. The van der Waals surface area contributed by atoms with E-state index in [1.54, 1.807) is 0 Å². The van der Waals surface area contributed by atoms with Crippen molar-refractivity contribution in [2.45, 2.75) is 39.7 Å². The molecule has 0 amide bonds. The van der Waals surface area contributed by atoms with Gasteiger partial charge in [-0.15, -0.1) is 0 Å². The molecule has 0 radical (unpaired) electrons. The fraction of sp³-hybridized carbons (Fsp3) is 0.538. The Kier molecular flexibility index (Phi) is 4.63. The van der Waals surface area contributed by atoms with E-state index in [1.807, 2.05) is 12.1 Å². The lowest BCUT2D eigenvalue weighted by Crippen LogP contribution is -2.03. The molecule has 0 saturated carbocycles. The van der Waals surface area contributed by atoms with Crippen LogP contribution in [0.25, 0.3) is 0 Å². The van der Waals surface area contributed by atoms with Crippen molar-refractivity contribution in [3.05, 3.63) is 29.3 Å². The maximum atomic E-state index is 9.24. The third-order valence-electron chi connectivity index (χ3n) is 2.37. The van der Waals surface area contributed by atoms with E-state index in [2.05, 4.69) is 26.8 Å². The number of aliphatic hydroxyl groups excluding tert-OH is 1. The summed E-state index contributed by atoms with van der Waals surface area (Å²) >= 11 is 0. The van der Waals surface area contributed by atoms with Gasteiger partial charge in [0.15, 0.2) is 0 Å². The maximum Gasteiger partial charge on any atom is 0.128 e. The number of hydrogen-bond acceptors (Lipinski definition) is 2. The topological polar surface area (TPSA) is 29.5 Å². The minimum absolute atomic E-state index is 0.0413. The average molecular weight is 208 g/mol. The predicted octanol–water partition coefficient (Wildman–Crippen LogP) is 3.09. The van der Waals surface area contributed by atoms with Crippen LogP contribution in [0.2, 0.25) is 0 Å². The summed E-state index contributed by atoms with van der Waals surface area (Å²) in [6, 6.07) is 5.95. The van der Waals surface area contributed by atoms with Crippen molar-refractivity contribution in [3.63, 3.8) is 0 Å². The van der Waals surface area contributed by atoms with Gasteiger partial charge in [-0.3, -0.25) is 0 Å². The second-order valence-electron chi connectivity index (χ2n) is 4.00. The second kappa shape index (κ2) is 5.76. The van der Waals surface area contributed by atoms with Gasteiger partial charge in [-0.2, -0.15) is 0 Å². The van der Waals surface area contributed by atoms with E-state index < -0.39 is 0 Å². The summed E-state index contributed by atoms with van der Waals surface area (Å²) < 4.78 is 5.71. The number of aliphatic hydroxyl groups is 1. The molecule has 1 N–H and O–H groups in total. The third-order valence-corrected chi connectivity index (χ3v) is 2.37. The van der Waals surface area contributed by atoms with E-state index >= 15 is 0 Å². The number of hydrogen-bond donors (Lipinski definition) is 1. The Balaban J connectivity index is 3.03. The highest BCUT2D eigenvalue weighted by Gasteiger charge is 2.11. The molecule has 2 heteroatoms. The monoisotopic (exact) mass is 208 g/mol. The van der Waals surface area contributed by atoms with Crippen LogP contribution in [0.1, 0.15) is 44.2 Å². The zero-order valence-corrected chi connectivity index (χ0v) is 9.79. The van der Waals surface area contributed by atoms with E-state index in [-0.39, 0.29) is 6.61 Å². The molecule has 0 saturated heterocycles. The molecule has 1 aromatic carbocycles. The maximum absolute atomic E-state index is 9.24. The minimum Gasteiger partial charge on any atom is -0.493 e. The van der Waals surface area contributed by atoms with Crippen LogP contribution in [0.4, 0.5) is 0 Å². The van der Waals surface area contributed by atoms with Gasteiger partial charge in [0.1, 0.15) is 5.75 Å². The number of para-hydroxylation sites is 1. The average Bonchev–Trinajstić information content (AvgIpc) is 2.25. The minimum atomic E-state index is 0.0413. The number of ether oxygens (including phenoxy) is 1. The summed E-state index contributed by atoms with van der Waals surface area (Å²) in [5.41, 5.74) is 2.06. The zero-order valence-electron chi connectivity index (χ0n) is 9.79. The van der Waals surface area contributed by atoms with Crippen LogP contribution in [-0.2, 0) is 6.61 Å². The summed E-state index contributed by atoms with van der Waals surface area (Å²) in [6.45, 7) is 7.09. The van der Waals surface area contributed by atoms with Gasteiger partial charge < -0.3 is 9.84 Å². The van der Waals surface area contributed by atoms with Crippen molar-refractivity contribution >= 4 is 0 Å². The van der Waals surface area contributed by atoms with Gasteiger partial charge in [0.2, 0.25) is 0 Å². The molecule has 0 aromatic heterocycles. The van der Waals surface area contributed by atoms with Crippen LogP contribution in [0.3, 0.4) is 0 Å². The predicted molar refractivity (Wildman–Crippen MR) is 62.2 cm³/mol. The van der Waals surface area contributed by atoms with Crippen molar-refractivity contribution in [1.29, 1.82) is 0 Å². The number of benzene rings is 1. The van der Waals surface area contributed by atoms with Crippen LogP contribution < -0.4 is 4.74 Å². The molecule has 1 rings (SSSR count). The van der Waals surface area contributed by atoms with E-state index in [4.69, 9.17) is 4.74 Å². The quantitative estimate of drug-likeness (QED) is 0.805. The van der Waals surface area contributed by atoms with Crippen molar-refractivity contribution in [1.82, 2.24) is 0 Å². The molecule has 84 valence electrons. The molecule has 0 heterocycles. The van der Waals surface area contributed by atoms with Gasteiger partial charge in [-0.1, -0.05) is 39.0 Å². The highest BCUT2D eigenvalue weighted by atomic mass is 16.5. The molecular formula is C13H20O2. The molecule has 0 spiro atoms. The molecule has 0 aliphatic rings. The van der Waals surface area contributed by atoms with Crippen LogP contribution in [0.5, 0.6) is 5.75 Å². The van der Waals surface area contributed by atoms with E-state index in [0.29, 0.717) is 12.5 Å². The Hall–Kier alpha value is -1.02. The van der Waals surface area contributed by atoms with Crippen LogP contribution in [-0.4, -0.2) is 11.7 Å². The highest BCUT2D eigenvalue weighted by Crippen LogP contribution is 2.30. The van der Waals surface area contributed by atoms with E-state index in [0.717, 1.165) is 17.7 Å². The van der Waals surface area contributed by atoms with Crippen LogP contribution in [0.15, 0.2) is 18.2 Å². The first-order valence-corrected chi connectivity index (χ1v) is 5.56. The standard InChI is InChI=1S/C13H20O2/c1-4-8-15-13-11(9-14)6-5-7-12(13)10(2)3/h5-7,10,14H,4,8-9H2,1-3H3. The molecule has 1 aromatic rings. The first kappa shape index (κ1) is 12.1. The van der Waals surface area contributed by atoms with Gasteiger partial charge in [0.25, 0.3) is 0 Å². The molecule has 0 aliphatic heterocycles. The largest absolute Gasteiger partial charge is 0.493 e. The van der Waals surface area contributed by atoms with Gasteiger partial charge >= 0.3 is 0 Å². The molecule has 0 bridgehead atoms. The summed E-state index contributed by atoms with van der Waals surface area (Å²) in [7, 11) is 0. The van der Waals surface area contributed by atoms with Gasteiger partial charge in [-0.05, 0) is 17.9 Å². The lowest BCUT2D eigenvalue weighted by atomic mass is 9.99. The molecule has 0 unspecified atom stereocenters. The van der Waals surface area contributed by atoms with Crippen molar-refractivity contribution in [2.75, 3.05) is 6.61 Å². The fourth-order valence-electron chi connectivity index (χ4n) is 1.56. The Bertz CT molecular complexity index is 305. The third kappa shape index (κ3) is 2.96. The summed E-state index contributed by atoms with van der Waals surface area (Å²) in [5, 5.41) is 9.24. The normalized spacial score (nSPS) is 10.7. The molecule has 2 nitrogen and oxygen atoms in total. The molecular weight excluding hydrogens is 188 g/mol. The molecule has 0 atom stereocenters. The van der Waals surface area contributed by atoms with E-state index in [1.165, 1.54) is 5.56 Å². The van der Waals surface area contributed by atoms with Gasteiger partial charge in [-0.25, -0.2) is 0 Å². The van der Waals surface area contributed by atoms with Crippen molar-refractivity contribution in [2.24, 2.45) is 0 Å². The lowest BCUT2D eigenvalue weighted by Gasteiger charge is -2.16. The SMILES string of the molecule is CCCOc1c(CO)cccc1C(C)C. The van der Waals surface area contributed by atoms with E-state index in [9.17, 15) is 5.11 Å². The fourth-order valence-corrected chi connectivity index (χ4v) is 1.56. The molecule has 0 aliphatic carbocycles. The summed E-state index contributed by atoms with van der Waals surface area (Å²) in [5.74, 6) is 1.29. The molecule has 0 fully saturated rings. The summed E-state index contributed by atoms with van der Waals surface area (Å²) in [4.78, 5) is 0. The Morgan fingerprint density at radius 2 is 2.07 bits per heavy atom. The summed E-state index contributed by atoms with van der Waals surface area (Å²) in [6.07, 6.45) is 0.983.